The van der Waals surface area contributed by atoms with E-state index >= 15 is 0 Å². The molecular formula is C17H16BrN5OS. The molecule has 0 unspecified atom stereocenters. The molecule has 1 amide bonds. The third-order valence-electron chi connectivity index (χ3n) is 3.44. The van der Waals surface area contributed by atoms with Crippen molar-refractivity contribution < 1.29 is 4.79 Å². The molecule has 2 aromatic carbocycles. The molecule has 0 atom stereocenters. The van der Waals surface area contributed by atoms with Crippen molar-refractivity contribution in [3.05, 3.63) is 53.0 Å². The van der Waals surface area contributed by atoms with Gasteiger partial charge in [0.2, 0.25) is 5.91 Å². The lowest BCUT2D eigenvalue weighted by Gasteiger charge is -2.06. The number of nitrogens with one attached hydrogen (secondary N) is 1. The van der Waals surface area contributed by atoms with Crippen LogP contribution in [0.5, 0.6) is 0 Å². The van der Waals surface area contributed by atoms with Gasteiger partial charge in [-0.3, -0.25) is 4.79 Å². The maximum Gasteiger partial charge on any atom is 0.234 e. The Morgan fingerprint density at radius 3 is 2.72 bits per heavy atom. The summed E-state index contributed by atoms with van der Waals surface area (Å²) >= 11 is 4.70. The molecular weight excluding hydrogens is 402 g/mol. The van der Waals surface area contributed by atoms with Crippen LogP contribution in [0.3, 0.4) is 0 Å². The van der Waals surface area contributed by atoms with Crippen LogP contribution in [0, 0.1) is 0 Å². The Hall–Kier alpha value is -2.32. The Bertz CT molecular complexity index is 894. The molecule has 3 rings (SSSR count). The van der Waals surface area contributed by atoms with Crippen LogP contribution in [0.4, 0.5) is 11.4 Å². The van der Waals surface area contributed by atoms with Crippen LogP contribution in [0.25, 0.3) is 11.4 Å². The normalized spacial score (nSPS) is 10.6. The highest BCUT2D eigenvalue weighted by atomic mass is 79.9. The van der Waals surface area contributed by atoms with Gasteiger partial charge in [0.1, 0.15) is 0 Å². The minimum Gasteiger partial charge on any atom is -0.399 e. The summed E-state index contributed by atoms with van der Waals surface area (Å²) in [7, 11) is 1.87. The number of halogens is 1. The molecule has 0 radical (unpaired) electrons. The van der Waals surface area contributed by atoms with Gasteiger partial charge in [-0.15, -0.1) is 10.2 Å². The van der Waals surface area contributed by atoms with E-state index in [2.05, 4.69) is 31.4 Å². The van der Waals surface area contributed by atoms with Gasteiger partial charge in [-0.2, -0.15) is 0 Å². The molecule has 0 saturated carbocycles. The van der Waals surface area contributed by atoms with Crippen LogP contribution >= 0.6 is 27.7 Å². The van der Waals surface area contributed by atoms with E-state index in [-0.39, 0.29) is 11.7 Å². The van der Waals surface area contributed by atoms with E-state index in [0.29, 0.717) is 16.7 Å². The highest BCUT2D eigenvalue weighted by molar-refractivity contribution is 9.10. The Labute approximate surface area is 158 Å². The number of carbonyl (C=O) groups excluding carboxylic acids is 1. The molecule has 6 nitrogen and oxygen atoms in total. The van der Waals surface area contributed by atoms with Crippen LogP contribution in [-0.4, -0.2) is 26.4 Å². The number of carbonyl (C=O) groups is 1. The van der Waals surface area contributed by atoms with Crippen molar-refractivity contribution in [2.75, 3.05) is 16.8 Å². The molecule has 0 saturated heterocycles. The summed E-state index contributed by atoms with van der Waals surface area (Å²) in [6.07, 6.45) is 0. The van der Waals surface area contributed by atoms with Crippen molar-refractivity contribution in [3.8, 4) is 11.4 Å². The molecule has 0 bridgehead atoms. The van der Waals surface area contributed by atoms with Crippen molar-refractivity contribution in [3.63, 3.8) is 0 Å². The topological polar surface area (TPSA) is 85.8 Å². The molecule has 1 heterocycles. The molecule has 0 aliphatic rings. The molecule has 0 spiro atoms. The quantitative estimate of drug-likeness (QED) is 0.489. The summed E-state index contributed by atoms with van der Waals surface area (Å²) in [4.78, 5) is 12.1. The number of hydrogen-bond donors (Lipinski definition) is 2. The van der Waals surface area contributed by atoms with Crippen LogP contribution in [-0.2, 0) is 11.8 Å². The first kappa shape index (κ1) is 17.5. The molecule has 25 heavy (non-hydrogen) atoms. The number of benzene rings is 2. The molecule has 1 aromatic heterocycles. The van der Waals surface area contributed by atoms with Crippen molar-refractivity contribution in [1.82, 2.24) is 14.8 Å². The summed E-state index contributed by atoms with van der Waals surface area (Å²) in [5.74, 6) is 0.864. The van der Waals surface area contributed by atoms with E-state index in [1.165, 1.54) is 11.8 Å². The zero-order valence-corrected chi connectivity index (χ0v) is 15.8. The van der Waals surface area contributed by atoms with Gasteiger partial charge in [-0.25, -0.2) is 0 Å². The zero-order valence-electron chi connectivity index (χ0n) is 13.4. The Balaban J connectivity index is 1.64. The lowest BCUT2D eigenvalue weighted by atomic mass is 10.2. The third-order valence-corrected chi connectivity index (χ3v) is 4.99. The first-order valence-corrected chi connectivity index (χ1v) is 9.24. The lowest BCUT2D eigenvalue weighted by Crippen LogP contribution is -2.14. The lowest BCUT2D eigenvalue weighted by molar-refractivity contribution is -0.113. The fourth-order valence-corrected chi connectivity index (χ4v) is 3.21. The minimum atomic E-state index is -0.0965. The van der Waals surface area contributed by atoms with E-state index in [1.807, 2.05) is 60.1 Å². The number of nitrogens with zero attached hydrogens (tertiary/aromatic N) is 3. The largest absolute Gasteiger partial charge is 0.399 e. The maximum absolute atomic E-state index is 12.1. The number of hydrogen-bond acceptors (Lipinski definition) is 5. The molecule has 8 heteroatoms. The van der Waals surface area contributed by atoms with E-state index in [4.69, 9.17) is 5.73 Å². The standard InChI is InChI=1S/C17H16BrN5OS/c1-23-16(11-3-2-4-13(19)9-11)21-22-17(23)25-10-15(24)20-14-7-5-12(18)6-8-14/h2-9H,10,19H2,1H3,(H,20,24). The SMILES string of the molecule is Cn1c(SCC(=O)Nc2ccc(Br)cc2)nnc1-c1cccc(N)c1. The maximum atomic E-state index is 12.1. The van der Waals surface area contributed by atoms with E-state index < -0.39 is 0 Å². The van der Waals surface area contributed by atoms with E-state index in [9.17, 15) is 4.79 Å². The molecule has 0 aliphatic heterocycles. The Morgan fingerprint density at radius 1 is 1.24 bits per heavy atom. The van der Waals surface area contributed by atoms with Gasteiger partial charge in [0, 0.05) is 28.5 Å². The first-order chi connectivity index (χ1) is 12.0. The summed E-state index contributed by atoms with van der Waals surface area (Å²) < 4.78 is 2.82. The summed E-state index contributed by atoms with van der Waals surface area (Å²) in [5.41, 5.74) is 8.13. The summed E-state index contributed by atoms with van der Waals surface area (Å²) in [6, 6.07) is 14.9. The molecule has 128 valence electrons. The van der Waals surface area contributed by atoms with Gasteiger partial charge in [0.25, 0.3) is 0 Å². The van der Waals surface area contributed by atoms with Gasteiger partial charge in [-0.05, 0) is 36.4 Å². The molecule has 0 aliphatic carbocycles. The van der Waals surface area contributed by atoms with Gasteiger partial charge in [0.15, 0.2) is 11.0 Å². The van der Waals surface area contributed by atoms with Crippen molar-refractivity contribution in [2.24, 2.45) is 7.05 Å². The highest BCUT2D eigenvalue weighted by Crippen LogP contribution is 2.24. The minimum absolute atomic E-state index is 0.0965. The number of rotatable bonds is 5. The predicted molar refractivity (Wildman–Crippen MR) is 104 cm³/mol. The van der Waals surface area contributed by atoms with Crippen LogP contribution in [0.1, 0.15) is 0 Å². The Morgan fingerprint density at radius 2 is 2.00 bits per heavy atom. The third kappa shape index (κ3) is 4.40. The average molecular weight is 418 g/mol. The fraction of sp³-hybridized carbons (Fsp3) is 0.118. The predicted octanol–water partition coefficient (Wildman–Crippen LogP) is 3.56. The fourth-order valence-electron chi connectivity index (χ4n) is 2.23. The monoisotopic (exact) mass is 417 g/mol. The molecule has 3 aromatic rings. The number of nitrogens with two attached hydrogens (primary N) is 1. The number of anilines is 2. The van der Waals surface area contributed by atoms with Gasteiger partial charge >= 0.3 is 0 Å². The Kier molecular flexibility index (Phi) is 5.40. The van der Waals surface area contributed by atoms with Crippen molar-refractivity contribution in [2.45, 2.75) is 5.16 Å². The molecule has 3 N–H and O–H groups in total. The van der Waals surface area contributed by atoms with Crippen LogP contribution in [0.2, 0.25) is 0 Å². The smallest absolute Gasteiger partial charge is 0.234 e. The number of amides is 1. The van der Waals surface area contributed by atoms with Gasteiger partial charge < -0.3 is 15.6 Å². The van der Waals surface area contributed by atoms with Gasteiger partial charge in [-0.1, -0.05) is 39.8 Å². The number of aromatic nitrogens is 3. The summed E-state index contributed by atoms with van der Waals surface area (Å²) in [6.45, 7) is 0. The number of nitrogen functional groups attached to an aromatic ring is 1. The van der Waals surface area contributed by atoms with Crippen LogP contribution in [0.15, 0.2) is 58.2 Å². The van der Waals surface area contributed by atoms with Crippen LogP contribution < -0.4 is 11.1 Å². The zero-order chi connectivity index (χ0) is 17.8. The highest BCUT2D eigenvalue weighted by Gasteiger charge is 2.13. The second-order valence-electron chi connectivity index (χ2n) is 5.33. The average Bonchev–Trinajstić information content (AvgIpc) is 2.96. The van der Waals surface area contributed by atoms with E-state index in [0.717, 1.165) is 15.7 Å². The number of thioether (sulfide) groups is 1. The first-order valence-electron chi connectivity index (χ1n) is 7.46. The van der Waals surface area contributed by atoms with Crippen molar-refractivity contribution >= 4 is 45.0 Å². The second kappa shape index (κ2) is 7.71. The van der Waals surface area contributed by atoms with Gasteiger partial charge in [0.05, 0.1) is 5.75 Å². The second-order valence-corrected chi connectivity index (χ2v) is 7.19. The summed E-state index contributed by atoms with van der Waals surface area (Å²) in [5, 5.41) is 11.9. The van der Waals surface area contributed by atoms with E-state index in [1.54, 1.807) is 0 Å². The van der Waals surface area contributed by atoms with Crippen molar-refractivity contribution in [1.29, 1.82) is 0 Å². The molecule has 0 fully saturated rings.